The summed E-state index contributed by atoms with van der Waals surface area (Å²) in [6.45, 7) is 2.10. The minimum absolute atomic E-state index is 0.692. The highest BCUT2D eigenvalue weighted by molar-refractivity contribution is 6.31. The summed E-state index contributed by atoms with van der Waals surface area (Å²) in [5, 5.41) is 8.74. The first kappa shape index (κ1) is 12.9. The van der Waals surface area contributed by atoms with Crippen molar-refractivity contribution in [3.8, 4) is 0 Å². The van der Waals surface area contributed by atoms with Gasteiger partial charge in [-0.15, -0.1) is 0 Å². The minimum atomic E-state index is 0.692. The van der Waals surface area contributed by atoms with Crippen LogP contribution in [0.3, 0.4) is 0 Å². The van der Waals surface area contributed by atoms with Gasteiger partial charge in [-0.2, -0.15) is 5.10 Å². The molecule has 1 heterocycles. The predicted octanol–water partition coefficient (Wildman–Crippen LogP) is 2.57. The molecule has 1 N–H and O–H groups in total. The van der Waals surface area contributed by atoms with Gasteiger partial charge >= 0.3 is 0 Å². The lowest BCUT2D eigenvalue weighted by Crippen LogP contribution is -2.21. The predicted molar refractivity (Wildman–Crippen MR) is 71.5 cm³/mol. The topological polar surface area (TPSA) is 29.9 Å². The van der Waals surface area contributed by atoms with E-state index in [1.54, 1.807) is 0 Å². The van der Waals surface area contributed by atoms with Crippen LogP contribution in [-0.2, 0) is 19.9 Å². The summed E-state index contributed by atoms with van der Waals surface area (Å²) in [5.41, 5.74) is 2.25. The van der Waals surface area contributed by atoms with Gasteiger partial charge < -0.3 is 5.32 Å². The molecule has 1 saturated carbocycles. The number of hydrogen-bond donors (Lipinski definition) is 1. The molecule has 0 spiro atoms. The summed E-state index contributed by atoms with van der Waals surface area (Å²) in [7, 11) is 4.06. The van der Waals surface area contributed by atoms with Gasteiger partial charge in [-0.25, -0.2) is 0 Å². The zero-order valence-electron chi connectivity index (χ0n) is 11.0. The van der Waals surface area contributed by atoms with E-state index in [0.29, 0.717) is 6.04 Å². The first-order valence-corrected chi connectivity index (χ1v) is 6.91. The summed E-state index contributed by atoms with van der Waals surface area (Å²) >= 11 is 6.38. The van der Waals surface area contributed by atoms with Gasteiger partial charge in [0.05, 0.1) is 16.4 Å². The molecule has 1 aromatic heterocycles. The Morgan fingerprint density at radius 3 is 2.76 bits per heavy atom. The van der Waals surface area contributed by atoms with Gasteiger partial charge in [-0.1, -0.05) is 18.5 Å². The van der Waals surface area contributed by atoms with Crippen LogP contribution in [0.2, 0.25) is 5.02 Å². The van der Waals surface area contributed by atoms with E-state index in [-0.39, 0.29) is 0 Å². The lowest BCUT2D eigenvalue weighted by molar-refractivity contribution is 0.494. The van der Waals surface area contributed by atoms with Crippen LogP contribution in [0.5, 0.6) is 0 Å². The van der Waals surface area contributed by atoms with Crippen molar-refractivity contribution in [2.75, 3.05) is 7.05 Å². The quantitative estimate of drug-likeness (QED) is 0.896. The fourth-order valence-corrected chi connectivity index (χ4v) is 3.21. The Hall–Kier alpha value is -0.540. The van der Waals surface area contributed by atoms with Gasteiger partial charge in [-0.3, -0.25) is 4.68 Å². The van der Waals surface area contributed by atoms with E-state index in [4.69, 9.17) is 11.6 Å². The third-order valence-corrected chi connectivity index (χ3v) is 4.37. The molecule has 4 heteroatoms. The van der Waals surface area contributed by atoms with Gasteiger partial charge in [0.15, 0.2) is 0 Å². The standard InChI is InChI=1S/C13H22ClN3/c1-4-11-13(14)12(17(3)16-11)8-9-5-6-10(7-9)15-2/h9-10,15H,4-8H2,1-3H3. The van der Waals surface area contributed by atoms with E-state index in [0.717, 1.165) is 29.5 Å². The van der Waals surface area contributed by atoms with E-state index in [9.17, 15) is 0 Å². The molecule has 96 valence electrons. The summed E-state index contributed by atoms with van der Waals surface area (Å²) in [4.78, 5) is 0. The summed E-state index contributed by atoms with van der Waals surface area (Å²) in [6, 6.07) is 0.692. The van der Waals surface area contributed by atoms with Gasteiger partial charge in [0.2, 0.25) is 0 Å². The van der Waals surface area contributed by atoms with Crippen molar-refractivity contribution in [3.05, 3.63) is 16.4 Å². The van der Waals surface area contributed by atoms with E-state index in [1.165, 1.54) is 25.0 Å². The molecule has 1 aliphatic rings. The van der Waals surface area contributed by atoms with Crippen LogP contribution in [0.4, 0.5) is 0 Å². The first-order chi connectivity index (χ1) is 8.15. The van der Waals surface area contributed by atoms with Crippen LogP contribution >= 0.6 is 11.6 Å². The number of aromatic nitrogens is 2. The van der Waals surface area contributed by atoms with Crippen molar-refractivity contribution < 1.29 is 0 Å². The molecular formula is C13H22ClN3. The van der Waals surface area contributed by atoms with Gasteiger partial charge in [0, 0.05) is 13.1 Å². The Balaban J connectivity index is 2.06. The molecule has 0 radical (unpaired) electrons. The van der Waals surface area contributed by atoms with Crippen LogP contribution in [0.1, 0.15) is 37.6 Å². The van der Waals surface area contributed by atoms with E-state index >= 15 is 0 Å². The minimum Gasteiger partial charge on any atom is -0.317 e. The van der Waals surface area contributed by atoms with Crippen molar-refractivity contribution in [2.24, 2.45) is 13.0 Å². The summed E-state index contributed by atoms with van der Waals surface area (Å²) < 4.78 is 1.97. The fraction of sp³-hybridized carbons (Fsp3) is 0.769. The molecule has 0 saturated heterocycles. The Morgan fingerprint density at radius 2 is 2.24 bits per heavy atom. The SMILES string of the molecule is CCc1nn(C)c(CC2CCC(NC)C2)c1Cl. The average Bonchev–Trinajstić information content (AvgIpc) is 2.88. The second-order valence-corrected chi connectivity index (χ2v) is 5.43. The first-order valence-electron chi connectivity index (χ1n) is 6.53. The second kappa shape index (κ2) is 5.40. The number of nitrogens with zero attached hydrogens (tertiary/aromatic N) is 2. The normalized spacial score (nSPS) is 24.5. The number of halogens is 1. The highest BCUT2D eigenvalue weighted by Crippen LogP contribution is 2.31. The number of nitrogens with one attached hydrogen (secondary N) is 1. The maximum atomic E-state index is 6.38. The highest BCUT2D eigenvalue weighted by atomic mass is 35.5. The molecule has 2 rings (SSSR count). The van der Waals surface area contributed by atoms with Crippen molar-refractivity contribution in [1.29, 1.82) is 0 Å². The van der Waals surface area contributed by atoms with Crippen molar-refractivity contribution in [1.82, 2.24) is 15.1 Å². The molecule has 0 amide bonds. The molecule has 1 aromatic rings. The van der Waals surface area contributed by atoms with Crippen molar-refractivity contribution in [2.45, 2.75) is 45.1 Å². The molecule has 0 aromatic carbocycles. The van der Waals surface area contributed by atoms with Gasteiger partial charge in [-0.05, 0) is 45.1 Å². The van der Waals surface area contributed by atoms with E-state index < -0.39 is 0 Å². The Morgan fingerprint density at radius 1 is 1.47 bits per heavy atom. The lowest BCUT2D eigenvalue weighted by atomic mass is 10.0. The van der Waals surface area contributed by atoms with Crippen LogP contribution in [-0.4, -0.2) is 22.9 Å². The third kappa shape index (κ3) is 2.66. The number of rotatable bonds is 4. The molecule has 2 atom stereocenters. The maximum Gasteiger partial charge on any atom is 0.0849 e. The highest BCUT2D eigenvalue weighted by Gasteiger charge is 2.26. The molecular weight excluding hydrogens is 234 g/mol. The summed E-state index contributed by atoms with van der Waals surface area (Å²) in [5.74, 6) is 0.755. The Labute approximate surface area is 109 Å². The van der Waals surface area contributed by atoms with E-state index in [1.807, 2.05) is 11.7 Å². The van der Waals surface area contributed by atoms with Crippen molar-refractivity contribution >= 4 is 11.6 Å². The smallest absolute Gasteiger partial charge is 0.0849 e. The largest absolute Gasteiger partial charge is 0.317 e. The van der Waals surface area contributed by atoms with Crippen LogP contribution in [0, 0.1) is 5.92 Å². The molecule has 2 unspecified atom stereocenters. The van der Waals surface area contributed by atoms with Crippen LogP contribution < -0.4 is 5.32 Å². The number of aryl methyl sites for hydroxylation is 2. The average molecular weight is 256 g/mol. The van der Waals surface area contributed by atoms with E-state index in [2.05, 4.69) is 24.4 Å². The molecule has 0 aliphatic heterocycles. The van der Waals surface area contributed by atoms with Gasteiger partial charge in [0.1, 0.15) is 0 Å². The monoisotopic (exact) mass is 255 g/mol. The van der Waals surface area contributed by atoms with Crippen LogP contribution in [0.15, 0.2) is 0 Å². The number of hydrogen-bond acceptors (Lipinski definition) is 2. The lowest BCUT2D eigenvalue weighted by Gasteiger charge is -2.11. The van der Waals surface area contributed by atoms with Crippen molar-refractivity contribution in [3.63, 3.8) is 0 Å². The second-order valence-electron chi connectivity index (χ2n) is 5.05. The molecule has 17 heavy (non-hydrogen) atoms. The zero-order valence-corrected chi connectivity index (χ0v) is 11.7. The zero-order chi connectivity index (χ0) is 12.4. The molecule has 1 fully saturated rings. The Kier molecular flexibility index (Phi) is 4.10. The molecule has 0 bridgehead atoms. The molecule has 1 aliphatic carbocycles. The fourth-order valence-electron chi connectivity index (χ4n) is 2.84. The summed E-state index contributed by atoms with van der Waals surface area (Å²) in [6.07, 6.45) is 5.84. The maximum absolute atomic E-state index is 6.38. The molecule has 3 nitrogen and oxygen atoms in total. The van der Waals surface area contributed by atoms with Crippen LogP contribution in [0.25, 0.3) is 0 Å². The third-order valence-electron chi connectivity index (χ3n) is 3.93. The van der Waals surface area contributed by atoms with Gasteiger partial charge in [0.25, 0.3) is 0 Å². The Bertz CT molecular complexity index is 386.